The molecule has 2 bridgehead atoms. The summed E-state index contributed by atoms with van der Waals surface area (Å²) < 4.78 is 11.6. The van der Waals surface area contributed by atoms with Crippen molar-refractivity contribution in [3.8, 4) is 0 Å². The molecule has 0 aliphatic carbocycles. The van der Waals surface area contributed by atoms with E-state index in [4.69, 9.17) is 9.47 Å². The van der Waals surface area contributed by atoms with Gasteiger partial charge in [0.1, 0.15) is 11.5 Å². The van der Waals surface area contributed by atoms with Crippen LogP contribution < -0.4 is 0 Å². The Morgan fingerprint density at radius 1 is 1.38 bits per heavy atom. The van der Waals surface area contributed by atoms with Crippen LogP contribution in [0.4, 0.5) is 0 Å². The van der Waals surface area contributed by atoms with Gasteiger partial charge in [-0.05, 0) is 18.9 Å². The number of ether oxygens (including phenoxy) is 2. The Bertz CT molecular complexity index is 731. The van der Waals surface area contributed by atoms with Gasteiger partial charge in [-0.25, -0.2) is 0 Å². The van der Waals surface area contributed by atoms with Crippen LogP contribution in [0.1, 0.15) is 38.3 Å². The average molecular weight is 355 g/mol. The Balaban J connectivity index is 1.56. The van der Waals surface area contributed by atoms with Crippen molar-refractivity contribution in [2.45, 2.75) is 44.4 Å². The zero-order valence-electron chi connectivity index (χ0n) is 15.3. The van der Waals surface area contributed by atoms with Crippen molar-refractivity contribution in [1.29, 1.82) is 0 Å². The fourth-order valence-corrected chi connectivity index (χ4v) is 4.45. The second kappa shape index (κ2) is 6.54. The van der Waals surface area contributed by atoms with Crippen LogP contribution in [0.15, 0.2) is 42.5 Å². The van der Waals surface area contributed by atoms with E-state index in [-0.39, 0.29) is 24.0 Å². The Kier molecular flexibility index (Phi) is 4.35. The topological polar surface area (TPSA) is 55.8 Å². The Labute approximate surface area is 154 Å². The summed E-state index contributed by atoms with van der Waals surface area (Å²) in [7, 11) is 0. The van der Waals surface area contributed by atoms with E-state index >= 15 is 0 Å². The van der Waals surface area contributed by atoms with E-state index in [1.807, 2.05) is 54.3 Å². The third kappa shape index (κ3) is 2.57. The number of fused-ring (bicyclic) bond motifs is 1. The molecule has 26 heavy (non-hydrogen) atoms. The summed E-state index contributed by atoms with van der Waals surface area (Å²) in [6, 6.07) is 9.90. The standard InChI is InChI=1S/C21H25NO4/c1-3-4-12-25-20(24)17-16-10-11-21(26-16)13-22(19(23)18(17)21)14(2)15-8-6-5-7-9-15/h5-11,14,16-18H,3-4,12-13H2,1-2H3/t14-,16+,17+,18-,21+/m0/s1. The monoisotopic (exact) mass is 355 g/mol. The van der Waals surface area contributed by atoms with Crippen molar-refractivity contribution in [1.82, 2.24) is 4.90 Å². The molecule has 1 aromatic carbocycles. The number of amides is 1. The number of rotatable bonds is 6. The van der Waals surface area contributed by atoms with Crippen LogP contribution in [0.2, 0.25) is 0 Å². The molecule has 4 rings (SSSR count). The molecule has 0 radical (unpaired) electrons. The van der Waals surface area contributed by atoms with Crippen molar-refractivity contribution in [2.75, 3.05) is 13.2 Å². The lowest BCUT2D eigenvalue weighted by atomic mass is 9.77. The SMILES string of the molecule is CCCCOC(=O)[C@H]1[C@H]2C(=O)N([C@@H](C)c3ccccc3)C[C@]23C=C[C@H]1O3. The number of benzene rings is 1. The smallest absolute Gasteiger partial charge is 0.312 e. The fourth-order valence-electron chi connectivity index (χ4n) is 4.45. The minimum atomic E-state index is -0.681. The largest absolute Gasteiger partial charge is 0.465 e. The highest BCUT2D eigenvalue weighted by Gasteiger charge is 2.67. The summed E-state index contributed by atoms with van der Waals surface area (Å²) in [5.41, 5.74) is 0.400. The molecule has 5 atom stereocenters. The molecule has 5 nitrogen and oxygen atoms in total. The van der Waals surface area contributed by atoms with Crippen molar-refractivity contribution < 1.29 is 19.1 Å². The number of carbonyl (C=O) groups excluding carboxylic acids is 2. The number of likely N-dealkylation sites (tertiary alicyclic amines) is 1. The van der Waals surface area contributed by atoms with Crippen molar-refractivity contribution >= 4 is 11.9 Å². The van der Waals surface area contributed by atoms with E-state index in [9.17, 15) is 9.59 Å². The summed E-state index contributed by atoms with van der Waals surface area (Å²) in [5, 5.41) is 0. The molecule has 3 heterocycles. The average Bonchev–Trinajstić information content (AvgIpc) is 3.30. The molecule has 2 fully saturated rings. The molecule has 0 unspecified atom stereocenters. The maximum atomic E-state index is 13.2. The molecular weight excluding hydrogens is 330 g/mol. The minimum Gasteiger partial charge on any atom is -0.465 e. The number of hydrogen-bond acceptors (Lipinski definition) is 4. The van der Waals surface area contributed by atoms with Crippen molar-refractivity contribution in [3.05, 3.63) is 48.0 Å². The first-order valence-corrected chi connectivity index (χ1v) is 9.46. The van der Waals surface area contributed by atoms with Crippen LogP contribution in [0.3, 0.4) is 0 Å². The van der Waals surface area contributed by atoms with Gasteiger partial charge in [-0.15, -0.1) is 0 Å². The van der Waals surface area contributed by atoms with Gasteiger partial charge in [0.25, 0.3) is 0 Å². The Morgan fingerprint density at radius 3 is 2.88 bits per heavy atom. The molecule has 3 aliphatic heterocycles. The van der Waals surface area contributed by atoms with Gasteiger partial charge in [0.2, 0.25) is 5.91 Å². The normalized spacial score (nSPS) is 32.8. The fraction of sp³-hybridized carbons (Fsp3) is 0.524. The number of hydrogen-bond donors (Lipinski definition) is 0. The van der Waals surface area contributed by atoms with Crippen LogP contribution in [0.5, 0.6) is 0 Å². The molecule has 1 amide bonds. The zero-order chi connectivity index (χ0) is 18.3. The third-order valence-corrected chi connectivity index (χ3v) is 5.89. The number of unbranched alkanes of at least 4 members (excludes halogenated alkanes) is 1. The van der Waals surface area contributed by atoms with Gasteiger partial charge >= 0.3 is 5.97 Å². The highest BCUT2D eigenvalue weighted by atomic mass is 16.6. The molecule has 0 N–H and O–H groups in total. The molecule has 138 valence electrons. The quantitative estimate of drug-likeness (QED) is 0.447. The minimum absolute atomic E-state index is 0.00866. The number of carbonyl (C=O) groups is 2. The van der Waals surface area contributed by atoms with E-state index in [1.165, 1.54) is 0 Å². The molecule has 1 spiro atoms. The summed E-state index contributed by atoms with van der Waals surface area (Å²) in [4.78, 5) is 27.7. The third-order valence-electron chi connectivity index (χ3n) is 5.89. The predicted octanol–water partition coefficient (Wildman–Crippen LogP) is 2.87. The van der Waals surface area contributed by atoms with Crippen LogP contribution in [0, 0.1) is 11.8 Å². The van der Waals surface area contributed by atoms with Crippen LogP contribution in [0.25, 0.3) is 0 Å². The summed E-state index contributed by atoms with van der Waals surface area (Å²) in [6.07, 6.45) is 5.36. The van der Waals surface area contributed by atoms with E-state index in [0.29, 0.717) is 13.2 Å². The number of esters is 1. The molecular formula is C21H25NO4. The van der Waals surface area contributed by atoms with E-state index in [2.05, 4.69) is 6.92 Å². The van der Waals surface area contributed by atoms with Gasteiger partial charge in [0.15, 0.2) is 0 Å². The van der Waals surface area contributed by atoms with E-state index in [1.54, 1.807) is 0 Å². The van der Waals surface area contributed by atoms with Crippen LogP contribution in [-0.4, -0.2) is 41.6 Å². The molecule has 3 aliphatic rings. The van der Waals surface area contributed by atoms with Crippen molar-refractivity contribution in [3.63, 3.8) is 0 Å². The maximum Gasteiger partial charge on any atom is 0.312 e. The van der Waals surface area contributed by atoms with Gasteiger partial charge < -0.3 is 14.4 Å². The maximum absolute atomic E-state index is 13.2. The number of nitrogens with zero attached hydrogens (tertiary/aromatic N) is 1. The highest BCUT2D eigenvalue weighted by molar-refractivity contribution is 5.91. The second-order valence-corrected chi connectivity index (χ2v) is 7.47. The van der Waals surface area contributed by atoms with Gasteiger partial charge in [-0.3, -0.25) is 9.59 Å². The first kappa shape index (κ1) is 17.3. The van der Waals surface area contributed by atoms with Gasteiger partial charge in [-0.2, -0.15) is 0 Å². The Morgan fingerprint density at radius 2 is 2.15 bits per heavy atom. The molecule has 1 aromatic rings. The summed E-state index contributed by atoms with van der Waals surface area (Å²) >= 11 is 0. The second-order valence-electron chi connectivity index (χ2n) is 7.47. The van der Waals surface area contributed by atoms with E-state index < -0.39 is 17.4 Å². The van der Waals surface area contributed by atoms with Crippen LogP contribution in [-0.2, 0) is 19.1 Å². The van der Waals surface area contributed by atoms with Crippen LogP contribution >= 0.6 is 0 Å². The van der Waals surface area contributed by atoms with Gasteiger partial charge in [0, 0.05) is 0 Å². The molecule has 0 saturated carbocycles. The Hall–Kier alpha value is -2.14. The first-order valence-electron chi connectivity index (χ1n) is 9.46. The van der Waals surface area contributed by atoms with Gasteiger partial charge in [0.05, 0.1) is 31.2 Å². The first-order chi connectivity index (χ1) is 12.6. The molecule has 2 saturated heterocycles. The molecule has 0 aromatic heterocycles. The summed E-state index contributed by atoms with van der Waals surface area (Å²) in [6.45, 7) is 4.96. The highest BCUT2D eigenvalue weighted by Crippen LogP contribution is 2.53. The summed E-state index contributed by atoms with van der Waals surface area (Å²) in [5.74, 6) is -1.32. The van der Waals surface area contributed by atoms with Crippen molar-refractivity contribution in [2.24, 2.45) is 11.8 Å². The molecule has 5 heteroatoms. The zero-order valence-corrected chi connectivity index (χ0v) is 15.3. The lowest BCUT2D eigenvalue weighted by Gasteiger charge is -2.27. The lowest BCUT2D eigenvalue weighted by Crippen LogP contribution is -2.40. The van der Waals surface area contributed by atoms with Gasteiger partial charge in [-0.1, -0.05) is 55.8 Å². The predicted molar refractivity (Wildman–Crippen MR) is 96.2 cm³/mol. The van der Waals surface area contributed by atoms with E-state index in [0.717, 1.165) is 18.4 Å². The lowest BCUT2D eigenvalue weighted by molar-refractivity contribution is -0.154.